The highest BCUT2D eigenvalue weighted by atomic mass is 32.2. The van der Waals surface area contributed by atoms with Crippen LogP contribution in [0.2, 0.25) is 0 Å². The molecule has 0 unspecified atom stereocenters. The molecule has 1 fully saturated rings. The predicted octanol–water partition coefficient (Wildman–Crippen LogP) is 5.01. The van der Waals surface area contributed by atoms with Gasteiger partial charge in [0.15, 0.2) is 9.84 Å². The summed E-state index contributed by atoms with van der Waals surface area (Å²) in [6, 6.07) is 17.4. The number of para-hydroxylation sites is 1. The van der Waals surface area contributed by atoms with Crippen LogP contribution in [0.4, 0.5) is 0 Å². The highest BCUT2D eigenvalue weighted by molar-refractivity contribution is 7.92. The van der Waals surface area contributed by atoms with E-state index in [-0.39, 0.29) is 24.2 Å². The van der Waals surface area contributed by atoms with Gasteiger partial charge in [-0.2, -0.15) is 0 Å². The summed E-state index contributed by atoms with van der Waals surface area (Å²) in [5, 5.41) is 9.76. The minimum absolute atomic E-state index is 0.148. The van der Waals surface area contributed by atoms with Gasteiger partial charge in [-0.05, 0) is 48.1 Å². The number of benzene rings is 2. The fourth-order valence-electron chi connectivity index (χ4n) is 4.56. The number of sulfone groups is 1. The van der Waals surface area contributed by atoms with Crippen molar-refractivity contribution >= 4 is 21.5 Å². The Kier molecular flexibility index (Phi) is 6.11. The van der Waals surface area contributed by atoms with Crippen LogP contribution in [0.1, 0.15) is 43.7 Å². The van der Waals surface area contributed by atoms with Crippen LogP contribution in [0.5, 0.6) is 5.75 Å². The molecule has 0 aromatic heterocycles. The zero-order valence-electron chi connectivity index (χ0n) is 17.3. The monoisotopic (exact) mass is 424 g/mol. The number of rotatable bonds is 7. The molecule has 158 valence electrons. The Hall–Kier alpha value is -2.37. The van der Waals surface area contributed by atoms with Gasteiger partial charge in [0.25, 0.3) is 0 Å². The van der Waals surface area contributed by atoms with Crippen molar-refractivity contribution in [2.75, 3.05) is 12.4 Å². The van der Waals surface area contributed by atoms with Gasteiger partial charge >= 0.3 is 0 Å². The average molecular weight is 425 g/mol. The van der Waals surface area contributed by atoms with E-state index in [2.05, 4.69) is 19.1 Å². The highest BCUT2D eigenvalue weighted by Crippen LogP contribution is 2.40. The van der Waals surface area contributed by atoms with Crippen LogP contribution in [0.3, 0.4) is 0 Å². The molecule has 2 atom stereocenters. The fraction of sp³-hybridized carbons (Fsp3) is 0.360. The lowest BCUT2D eigenvalue weighted by molar-refractivity contribution is 0.118. The van der Waals surface area contributed by atoms with Crippen LogP contribution < -0.4 is 0 Å². The Morgan fingerprint density at radius 1 is 1.13 bits per heavy atom. The molecule has 1 N–H and O–H groups in total. The van der Waals surface area contributed by atoms with E-state index in [9.17, 15) is 13.5 Å². The van der Waals surface area contributed by atoms with E-state index in [0.29, 0.717) is 0 Å². The van der Waals surface area contributed by atoms with Crippen LogP contribution in [0.25, 0.3) is 11.6 Å². The number of aromatic hydroxyl groups is 1. The summed E-state index contributed by atoms with van der Waals surface area (Å²) in [4.78, 5) is 0. The molecule has 2 aliphatic heterocycles. The zero-order chi connectivity index (χ0) is 21.1. The summed E-state index contributed by atoms with van der Waals surface area (Å²) in [6.45, 7) is 2.36. The number of hydrogen-bond acceptors (Lipinski definition) is 4. The van der Waals surface area contributed by atoms with Gasteiger partial charge in [0.2, 0.25) is 0 Å². The molecule has 0 aliphatic carbocycles. The largest absolute Gasteiger partial charge is 0.507 e. The van der Waals surface area contributed by atoms with Gasteiger partial charge in [0.05, 0.1) is 18.5 Å². The standard InChI is InChI=1S/C25H28O4S/c1-2-8-21-17-30(27,28)24-16-29-23(25(21)24)14-13-19(18-9-4-3-5-10-18)15-20-11-6-7-12-22(20)26/h3-7,9-12,15,23-24,26H,2,8,13-14,16-17H2,1H3/b19-15-/t23-,24+/m1/s1. The van der Waals surface area contributed by atoms with E-state index in [1.165, 1.54) is 0 Å². The lowest BCUT2D eigenvalue weighted by atomic mass is 9.92. The topological polar surface area (TPSA) is 63.6 Å². The number of phenols is 1. The molecular weight excluding hydrogens is 396 g/mol. The van der Waals surface area contributed by atoms with Crippen LogP contribution in [-0.2, 0) is 14.6 Å². The van der Waals surface area contributed by atoms with Crippen molar-refractivity contribution in [1.29, 1.82) is 0 Å². The first kappa shape index (κ1) is 20.9. The second-order valence-electron chi connectivity index (χ2n) is 8.06. The maximum Gasteiger partial charge on any atom is 0.163 e. The van der Waals surface area contributed by atoms with Gasteiger partial charge in [-0.25, -0.2) is 8.42 Å². The third-order valence-electron chi connectivity index (χ3n) is 6.00. The number of hydrogen-bond donors (Lipinski definition) is 1. The van der Waals surface area contributed by atoms with E-state index in [1.54, 1.807) is 6.07 Å². The van der Waals surface area contributed by atoms with Crippen molar-refractivity contribution in [3.63, 3.8) is 0 Å². The van der Waals surface area contributed by atoms with Crippen molar-refractivity contribution in [1.82, 2.24) is 0 Å². The third-order valence-corrected chi connectivity index (χ3v) is 8.01. The van der Waals surface area contributed by atoms with Gasteiger partial charge < -0.3 is 9.84 Å². The molecule has 0 bridgehead atoms. The smallest absolute Gasteiger partial charge is 0.163 e. The SMILES string of the molecule is CCCC1=C2[C@@H](CC/C(=C/c3ccccc3O)c3ccccc3)OC[C@@H]2S(=O)(=O)C1. The molecule has 2 heterocycles. The molecule has 0 radical (unpaired) electrons. The Morgan fingerprint density at radius 2 is 1.87 bits per heavy atom. The molecule has 0 saturated carbocycles. The molecule has 0 amide bonds. The fourth-order valence-corrected chi connectivity index (χ4v) is 6.55. The summed E-state index contributed by atoms with van der Waals surface area (Å²) in [7, 11) is -3.12. The maximum absolute atomic E-state index is 12.6. The van der Waals surface area contributed by atoms with Crippen LogP contribution in [0, 0.1) is 0 Å². The second kappa shape index (κ2) is 8.78. The highest BCUT2D eigenvalue weighted by Gasteiger charge is 2.46. The Balaban J connectivity index is 1.61. The minimum Gasteiger partial charge on any atom is -0.507 e. The molecule has 30 heavy (non-hydrogen) atoms. The summed E-state index contributed by atoms with van der Waals surface area (Å²) >= 11 is 0. The first-order valence-electron chi connectivity index (χ1n) is 10.6. The summed E-state index contributed by atoms with van der Waals surface area (Å²) in [5.41, 5.74) is 5.05. The number of allylic oxidation sites excluding steroid dienone is 1. The molecule has 2 aromatic rings. The maximum atomic E-state index is 12.6. The molecule has 2 aliphatic rings. The minimum atomic E-state index is -3.12. The molecule has 1 saturated heterocycles. The number of ether oxygens (including phenoxy) is 1. The van der Waals surface area contributed by atoms with Crippen molar-refractivity contribution in [3.05, 3.63) is 76.9 Å². The van der Waals surface area contributed by atoms with Gasteiger partial charge in [-0.15, -0.1) is 0 Å². The Labute approximate surface area is 178 Å². The normalized spacial score (nSPS) is 23.0. The molecular formula is C25H28O4S. The average Bonchev–Trinajstić information content (AvgIpc) is 3.27. The Bertz CT molecular complexity index is 1070. The van der Waals surface area contributed by atoms with E-state index in [1.807, 2.05) is 42.5 Å². The Morgan fingerprint density at radius 3 is 2.60 bits per heavy atom. The number of phenolic OH excluding ortho intramolecular Hbond substituents is 1. The molecule has 4 rings (SSSR count). The van der Waals surface area contributed by atoms with Gasteiger partial charge in [-0.1, -0.05) is 67.4 Å². The predicted molar refractivity (Wildman–Crippen MR) is 121 cm³/mol. The quantitative estimate of drug-likeness (QED) is 0.501. The second-order valence-corrected chi connectivity index (χ2v) is 10.2. The first-order chi connectivity index (χ1) is 14.5. The third kappa shape index (κ3) is 4.23. The van der Waals surface area contributed by atoms with Crippen LogP contribution in [0.15, 0.2) is 65.7 Å². The first-order valence-corrected chi connectivity index (χ1v) is 12.3. The molecule has 4 nitrogen and oxygen atoms in total. The summed E-state index contributed by atoms with van der Waals surface area (Å²) in [5.74, 6) is 0.443. The van der Waals surface area contributed by atoms with Gasteiger partial charge in [-0.3, -0.25) is 0 Å². The van der Waals surface area contributed by atoms with Crippen molar-refractivity contribution in [3.8, 4) is 5.75 Å². The van der Waals surface area contributed by atoms with E-state index < -0.39 is 15.1 Å². The van der Waals surface area contributed by atoms with Gasteiger partial charge in [0.1, 0.15) is 11.0 Å². The number of fused-ring (bicyclic) bond motifs is 1. The summed E-state index contributed by atoms with van der Waals surface area (Å²) in [6.07, 6.45) is 5.09. The van der Waals surface area contributed by atoms with Crippen LogP contribution in [-0.4, -0.2) is 37.2 Å². The molecule has 0 spiro atoms. The van der Waals surface area contributed by atoms with E-state index in [4.69, 9.17) is 4.74 Å². The van der Waals surface area contributed by atoms with Crippen molar-refractivity contribution < 1.29 is 18.3 Å². The molecule has 2 aromatic carbocycles. The zero-order valence-corrected chi connectivity index (χ0v) is 18.1. The molecule has 5 heteroatoms. The summed E-state index contributed by atoms with van der Waals surface area (Å²) < 4.78 is 31.1. The van der Waals surface area contributed by atoms with Crippen molar-refractivity contribution in [2.24, 2.45) is 0 Å². The van der Waals surface area contributed by atoms with Crippen LogP contribution >= 0.6 is 0 Å². The van der Waals surface area contributed by atoms with E-state index in [0.717, 1.165) is 53.5 Å². The lowest BCUT2D eigenvalue weighted by Crippen LogP contribution is -2.19. The van der Waals surface area contributed by atoms with E-state index >= 15 is 0 Å². The van der Waals surface area contributed by atoms with Gasteiger partial charge in [0, 0.05) is 5.56 Å². The van der Waals surface area contributed by atoms with Crippen molar-refractivity contribution in [2.45, 2.75) is 44.0 Å². The lowest BCUT2D eigenvalue weighted by Gasteiger charge is -2.16.